The summed E-state index contributed by atoms with van der Waals surface area (Å²) in [6, 6.07) is 1.81. The highest BCUT2D eigenvalue weighted by molar-refractivity contribution is 9.10. The minimum Gasteiger partial charge on any atom is -0.142 e. The van der Waals surface area contributed by atoms with E-state index < -0.39 is 0 Å². The Hall–Kier alpha value is -0.150. The maximum Gasteiger partial charge on any atom is 0.154 e. The van der Waals surface area contributed by atoms with Gasteiger partial charge in [-0.15, -0.1) is 10.2 Å². The summed E-state index contributed by atoms with van der Waals surface area (Å²) in [6.07, 6.45) is 0. The quantitative estimate of drug-likeness (QED) is 0.652. The Balaban J connectivity index is 3.17. The monoisotopic (exact) mass is 206 g/mol. The molecule has 0 fully saturated rings. The van der Waals surface area contributed by atoms with Crippen molar-refractivity contribution in [2.24, 2.45) is 0 Å². The Kier molecular flexibility index (Phi) is 2.03. The molecule has 0 spiro atoms. The number of hydrogen-bond acceptors (Lipinski definition) is 2. The molecule has 0 N–H and O–H groups in total. The Morgan fingerprint density at radius 1 is 1.56 bits per heavy atom. The van der Waals surface area contributed by atoms with Crippen LogP contribution in [0.5, 0.6) is 0 Å². The molecule has 0 aliphatic rings. The normalized spacial score (nSPS) is 9.67. The van der Waals surface area contributed by atoms with E-state index in [1.165, 1.54) is 0 Å². The fourth-order valence-electron chi connectivity index (χ4n) is 0.438. The third kappa shape index (κ3) is 1.63. The summed E-state index contributed by atoms with van der Waals surface area (Å²) in [7, 11) is 0. The summed E-state index contributed by atoms with van der Waals surface area (Å²) in [4.78, 5) is 0. The van der Waals surface area contributed by atoms with Crippen molar-refractivity contribution < 1.29 is 0 Å². The Morgan fingerprint density at radius 3 is 2.67 bits per heavy atom. The van der Waals surface area contributed by atoms with E-state index in [2.05, 4.69) is 26.1 Å². The minimum atomic E-state index is 0.457. The molecule has 0 aliphatic heterocycles. The molecule has 1 rings (SSSR count). The van der Waals surface area contributed by atoms with Crippen molar-refractivity contribution in [2.75, 3.05) is 0 Å². The van der Waals surface area contributed by atoms with Crippen molar-refractivity contribution >= 4 is 27.5 Å². The molecule has 0 saturated carbocycles. The van der Waals surface area contributed by atoms with Crippen LogP contribution < -0.4 is 0 Å². The Labute approximate surface area is 66.4 Å². The maximum absolute atomic E-state index is 5.59. The fourth-order valence-corrected chi connectivity index (χ4v) is 0.953. The Bertz CT molecular complexity index is 226. The van der Waals surface area contributed by atoms with Gasteiger partial charge in [-0.1, -0.05) is 11.6 Å². The van der Waals surface area contributed by atoms with Crippen LogP contribution in [0.1, 0.15) is 5.56 Å². The van der Waals surface area contributed by atoms with E-state index in [0.29, 0.717) is 9.76 Å². The SMILES string of the molecule is Cc1cc(Br)nnc1Cl. The first-order chi connectivity index (χ1) is 4.20. The average Bonchev–Trinajstić information content (AvgIpc) is 1.80. The summed E-state index contributed by atoms with van der Waals surface area (Å²) in [6.45, 7) is 1.88. The molecule has 0 aromatic carbocycles. The first-order valence-corrected chi connectivity index (χ1v) is 3.52. The van der Waals surface area contributed by atoms with E-state index in [4.69, 9.17) is 11.6 Å². The molecule has 0 unspecified atom stereocenters. The molecule has 1 heterocycles. The summed E-state index contributed by atoms with van der Waals surface area (Å²) < 4.78 is 0.712. The second kappa shape index (κ2) is 2.62. The molecule has 0 radical (unpaired) electrons. The van der Waals surface area contributed by atoms with Crippen LogP contribution in [0.3, 0.4) is 0 Å². The third-order valence-corrected chi connectivity index (χ3v) is 1.66. The van der Waals surface area contributed by atoms with E-state index in [-0.39, 0.29) is 0 Å². The van der Waals surface area contributed by atoms with Crippen molar-refractivity contribution in [1.82, 2.24) is 10.2 Å². The predicted octanol–water partition coefficient (Wildman–Crippen LogP) is 2.20. The molecule has 0 amide bonds. The number of hydrogen-bond donors (Lipinski definition) is 0. The summed E-state index contributed by atoms with van der Waals surface area (Å²) in [5, 5.41) is 7.78. The van der Waals surface area contributed by atoms with Gasteiger partial charge in [-0.2, -0.15) is 0 Å². The fraction of sp³-hybridized carbons (Fsp3) is 0.200. The lowest BCUT2D eigenvalue weighted by Crippen LogP contribution is -1.85. The van der Waals surface area contributed by atoms with Gasteiger partial charge in [-0.25, -0.2) is 0 Å². The van der Waals surface area contributed by atoms with Crippen LogP contribution in [0, 0.1) is 6.92 Å². The molecule has 0 bridgehead atoms. The lowest BCUT2D eigenvalue weighted by molar-refractivity contribution is 0.990. The summed E-state index contributed by atoms with van der Waals surface area (Å²) in [5.74, 6) is 0. The van der Waals surface area contributed by atoms with Crippen LogP contribution in [-0.2, 0) is 0 Å². The van der Waals surface area contributed by atoms with Crippen LogP contribution in [-0.4, -0.2) is 10.2 Å². The molecule has 2 nitrogen and oxygen atoms in total. The first kappa shape index (κ1) is 6.96. The van der Waals surface area contributed by atoms with Crippen molar-refractivity contribution in [3.05, 3.63) is 21.4 Å². The molecule has 0 aliphatic carbocycles. The summed E-state index contributed by atoms with van der Waals surface area (Å²) >= 11 is 8.75. The molecule has 0 atom stereocenters. The van der Waals surface area contributed by atoms with Gasteiger partial charge in [0.2, 0.25) is 0 Å². The zero-order valence-electron chi connectivity index (χ0n) is 4.73. The topological polar surface area (TPSA) is 25.8 Å². The second-order valence-electron chi connectivity index (χ2n) is 1.64. The molecule has 1 aromatic rings. The van der Waals surface area contributed by atoms with Crippen molar-refractivity contribution in [1.29, 1.82) is 0 Å². The average molecular weight is 207 g/mol. The number of halogens is 2. The zero-order valence-corrected chi connectivity index (χ0v) is 7.07. The Morgan fingerprint density at radius 2 is 2.22 bits per heavy atom. The molecule has 9 heavy (non-hydrogen) atoms. The van der Waals surface area contributed by atoms with E-state index in [1.54, 1.807) is 0 Å². The standard InChI is InChI=1S/C5H4BrClN2/c1-3-2-4(6)8-9-5(3)7/h2H,1H3. The highest BCUT2D eigenvalue weighted by Gasteiger charge is 1.95. The minimum absolute atomic E-state index is 0.457. The van der Waals surface area contributed by atoms with Crippen LogP contribution in [0.15, 0.2) is 10.7 Å². The lowest BCUT2D eigenvalue weighted by atomic mass is 10.4. The van der Waals surface area contributed by atoms with E-state index in [0.717, 1.165) is 5.56 Å². The van der Waals surface area contributed by atoms with Gasteiger partial charge < -0.3 is 0 Å². The smallest absolute Gasteiger partial charge is 0.142 e. The van der Waals surface area contributed by atoms with E-state index >= 15 is 0 Å². The lowest BCUT2D eigenvalue weighted by Gasteiger charge is -1.92. The van der Waals surface area contributed by atoms with Gasteiger partial charge in [0.15, 0.2) is 5.15 Å². The van der Waals surface area contributed by atoms with Gasteiger partial charge in [-0.05, 0) is 34.5 Å². The van der Waals surface area contributed by atoms with E-state index in [9.17, 15) is 0 Å². The molecule has 4 heteroatoms. The number of aromatic nitrogens is 2. The van der Waals surface area contributed by atoms with Gasteiger partial charge in [-0.3, -0.25) is 0 Å². The first-order valence-electron chi connectivity index (χ1n) is 2.35. The zero-order chi connectivity index (χ0) is 6.85. The van der Waals surface area contributed by atoms with Crippen LogP contribution in [0.4, 0.5) is 0 Å². The predicted molar refractivity (Wildman–Crippen MR) is 39.5 cm³/mol. The molecular weight excluding hydrogens is 203 g/mol. The maximum atomic E-state index is 5.59. The van der Waals surface area contributed by atoms with Crippen molar-refractivity contribution in [3.63, 3.8) is 0 Å². The van der Waals surface area contributed by atoms with Gasteiger partial charge >= 0.3 is 0 Å². The third-order valence-electron chi connectivity index (χ3n) is 0.894. The highest BCUT2D eigenvalue weighted by Crippen LogP contribution is 2.13. The summed E-state index contributed by atoms with van der Waals surface area (Å²) in [5.41, 5.74) is 0.929. The van der Waals surface area contributed by atoms with Crippen LogP contribution in [0.25, 0.3) is 0 Å². The van der Waals surface area contributed by atoms with Gasteiger partial charge in [0, 0.05) is 0 Å². The van der Waals surface area contributed by atoms with Crippen molar-refractivity contribution in [3.8, 4) is 0 Å². The number of rotatable bonds is 0. The number of aryl methyl sites for hydroxylation is 1. The van der Waals surface area contributed by atoms with Crippen LogP contribution >= 0.6 is 27.5 Å². The molecule has 48 valence electrons. The molecular formula is C5H4BrClN2. The van der Waals surface area contributed by atoms with Gasteiger partial charge in [0.05, 0.1) is 0 Å². The largest absolute Gasteiger partial charge is 0.154 e. The van der Waals surface area contributed by atoms with Gasteiger partial charge in [0.1, 0.15) is 4.60 Å². The second-order valence-corrected chi connectivity index (χ2v) is 2.81. The van der Waals surface area contributed by atoms with E-state index in [1.807, 2.05) is 13.0 Å². The molecule has 1 aromatic heterocycles. The number of nitrogens with zero attached hydrogens (tertiary/aromatic N) is 2. The van der Waals surface area contributed by atoms with Crippen molar-refractivity contribution in [2.45, 2.75) is 6.92 Å². The molecule has 0 saturated heterocycles. The van der Waals surface area contributed by atoms with Gasteiger partial charge in [0.25, 0.3) is 0 Å². The van der Waals surface area contributed by atoms with Crippen LogP contribution in [0.2, 0.25) is 5.15 Å². The highest BCUT2D eigenvalue weighted by atomic mass is 79.9.